The molecule has 18 heavy (non-hydrogen) atoms. The van der Waals surface area contributed by atoms with Gasteiger partial charge in [-0.3, -0.25) is 0 Å². The van der Waals surface area contributed by atoms with Crippen molar-refractivity contribution >= 4 is 0 Å². The summed E-state index contributed by atoms with van der Waals surface area (Å²) in [5, 5.41) is 0. The van der Waals surface area contributed by atoms with Crippen molar-refractivity contribution < 1.29 is 26.3 Å². The zero-order valence-electron chi connectivity index (χ0n) is 8.73. The molecule has 0 saturated carbocycles. The lowest BCUT2D eigenvalue weighted by molar-refractivity contribution is 0.385. The van der Waals surface area contributed by atoms with E-state index in [1.54, 1.807) is 0 Å². The summed E-state index contributed by atoms with van der Waals surface area (Å²) in [7, 11) is 0. The van der Waals surface area contributed by atoms with Crippen LogP contribution in [0.3, 0.4) is 0 Å². The maximum Gasteiger partial charge on any atom is 0.306 e. The van der Waals surface area contributed by atoms with Gasteiger partial charge in [-0.25, -0.2) is 8.78 Å². The molecular formula is C12H6F6. The van der Waals surface area contributed by atoms with E-state index in [-0.39, 0.29) is 0 Å². The Bertz CT molecular complexity index is 461. The second-order valence-corrected chi connectivity index (χ2v) is 3.11. The van der Waals surface area contributed by atoms with Gasteiger partial charge in [-0.2, -0.15) is 17.6 Å². The molecule has 6 heteroatoms. The van der Waals surface area contributed by atoms with Gasteiger partial charge in [-0.05, 0) is 0 Å². The molecule has 0 bridgehead atoms. The fraction of sp³-hybridized carbons (Fsp3) is 0. The average Bonchev–Trinajstić information content (AvgIpc) is 2.27. The summed E-state index contributed by atoms with van der Waals surface area (Å²) in [6.07, 6.45) is 0.673. The van der Waals surface area contributed by atoms with E-state index in [1.807, 2.05) is 0 Å². The summed E-state index contributed by atoms with van der Waals surface area (Å²) >= 11 is 0. The third-order valence-electron chi connectivity index (χ3n) is 1.94. The van der Waals surface area contributed by atoms with Crippen molar-refractivity contribution in [3.63, 3.8) is 0 Å². The predicted molar refractivity (Wildman–Crippen MR) is 55.1 cm³/mol. The molecule has 1 aliphatic carbocycles. The van der Waals surface area contributed by atoms with Crippen LogP contribution in [0, 0.1) is 0 Å². The van der Waals surface area contributed by atoms with Crippen LogP contribution >= 0.6 is 0 Å². The molecule has 0 heterocycles. The highest BCUT2D eigenvalue weighted by molar-refractivity contribution is 5.47. The third-order valence-corrected chi connectivity index (χ3v) is 1.94. The van der Waals surface area contributed by atoms with Crippen molar-refractivity contribution in [3.05, 3.63) is 71.4 Å². The van der Waals surface area contributed by atoms with E-state index in [4.69, 9.17) is 0 Å². The SMILES string of the molecule is FC(F)=C(F)C1=CC=CC(C(F)=C(F)F)=CC=C1. The smallest absolute Gasteiger partial charge is 0.200 e. The average molecular weight is 264 g/mol. The zero-order chi connectivity index (χ0) is 13.7. The Labute approximate surface area is 98.6 Å². The molecule has 0 aromatic rings. The molecular weight excluding hydrogens is 258 g/mol. The molecule has 0 saturated heterocycles. The van der Waals surface area contributed by atoms with Crippen LogP contribution < -0.4 is 0 Å². The highest BCUT2D eigenvalue weighted by Crippen LogP contribution is 2.24. The first-order chi connectivity index (χ1) is 8.43. The van der Waals surface area contributed by atoms with Gasteiger partial charge in [-0.15, -0.1) is 0 Å². The van der Waals surface area contributed by atoms with Crippen molar-refractivity contribution in [1.29, 1.82) is 0 Å². The molecule has 1 rings (SSSR count). The van der Waals surface area contributed by atoms with E-state index in [1.165, 1.54) is 0 Å². The maximum absolute atomic E-state index is 12.9. The van der Waals surface area contributed by atoms with Gasteiger partial charge >= 0.3 is 12.2 Å². The monoisotopic (exact) mass is 264 g/mol. The van der Waals surface area contributed by atoms with Crippen LogP contribution in [0.5, 0.6) is 0 Å². The van der Waals surface area contributed by atoms with Crippen molar-refractivity contribution in [2.75, 3.05) is 0 Å². The topological polar surface area (TPSA) is 0 Å². The van der Waals surface area contributed by atoms with E-state index < -0.39 is 35.0 Å². The molecule has 0 unspecified atom stereocenters. The van der Waals surface area contributed by atoms with E-state index >= 15 is 0 Å². The normalized spacial score (nSPS) is 14.3. The largest absolute Gasteiger partial charge is 0.306 e. The van der Waals surface area contributed by atoms with Crippen molar-refractivity contribution in [1.82, 2.24) is 0 Å². The summed E-state index contributed by atoms with van der Waals surface area (Å²) in [6.45, 7) is 0. The fourth-order valence-corrected chi connectivity index (χ4v) is 1.13. The van der Waals surface area contributed by atoms with E-state index in [2.05, 4.69) is 0 Å². The number of hydrogen-bond donors (Lipinski definition) is 0. The number of rotatable bonds is 2. The molecule has 0 aromatic carbocycles. The molecule has 1 aliphatic rings. The zero-order valence-corrected chi connectivity index (χ0v) is 8.73. The van der Waals surface area contributed by atoms with Crippen LogP contribution in [0.4, 0.5) is 26.3 Å². The second-order valence-electron chi connectivity index (χ2n) is 3.11. The Morgan fingerprint density at radius 2 is 0.944 bits per heavy atom. The maximum atomic E-state index is 12.9. The van der Waals surface area contributed by atoms with Crippen LogP contribution in [0.25, 0.3) is 0 Å². The minimum Gasteiger partial charge on any atom is -0.200 e. The van der Waals surface area contributed by atoms with Crippen LogP contribution in [0.1, 0.15) is 0 Å². The van der Waals surface area contributed by atoms with Crippen LogP contribution in [0.2, 0.25) is 0 Å². The predicted octanol–water partition coefficient (Wildman–Crippen LogP) is 5.12. The van der Waals surface area contributed by atoms with Crippen molar-refractivity contribution in [3.8, 4) is 0 Å². The Balaban J connectivity index is 3.07. The third kappa shape index (κ3) is 3.51. The molecule has 0 amide bonds. The molecule has 0 nitrogen and oxygen atoms in total. The minimum atomic E-state index is -2.50. The standard InChI is InChI=1S/C12H6F6/c13-9(11(15)16)7-3-1-4-8(6-2-5-7)10(14)12(17)18/h1-6H. The molecule has 0 radical (unpaired) electrons. The first-order valence-electron chi connectivity index (χ1n) is 4.62. The summed E-state index contributed by atoms with van der Waals surface area (Å²) in [5.74, 6) is -3.44. The van der Waals surface area contributed by atoms with Crippen LogP contribution in [0.15, 0.2) is 71.4 Å². The second kappa shape index (κ2) is 6.09. The van der Waals surface area contributed by atoms with Gasteiger partial charge in [0, 0.05) is 11.1 Å². The highest BCUT2D eigenvalue weighted by Gasteiger charge is 2.11. The van der Waals surface area contributed by atoms with Gasteiger partial charge in [0.1, 0.15) is 0 Å². The quantitative estimate of drug-likeness (QED) is 0.607. The van der Waals surface area contributed by atoms with Gasteiger partial charge < -0.3 is 0 Å². The first-order valence-corrected chi connectivity index (χ1v) is 4.62. The van der Waals surface area contributed by atoms with Gasteiger partial charge in [0.05, 0.1) is 0 Å². The van der Waals surface area contributed by atoms with Gasteiger partial charge in [-0.1, -0.05) is 36.5 Å². The lowest BCUT2D eigenvalue weighted by atomic mass is 10.1. The molecule has 0 fully saturated rings. The van der Waals surface area contributed by atoms with Crippen molar-refractivity contribution in [2.24, 2.45) is 0 Å². The minimum absolute atomic E-state index is 0.438. The Morgan fingerprint density at radius 1 is 0.611 bits per heavy atom. The number of halogens is 6. The fourth-order valence-electron chi connectivity index (χ4n) is 1.13. The molecule has 0 N–H and O–H groups in total. The van der Waals surface area contributed by atoms with Crippen molar-refractivity contribution in [2.45, 2.75) is 0 Å². The Morgan fingerprint density at radius 3 is 1.22 bits per heavy atom. The summed E-state index contributed by atoms with van der Waals surface area (Å²) in [5.41, 5.74) is -0.877. The Hall–Kier alpha value is -1.98. The molecule has 0 aromatic heterocycles. The Kier molecular flexibility index (Phi) is 4.76. The lowest BCUT2D eigenvalue weighted by Gasteiger charge is -2.00. The van der Waals surface area contributed by atoms with Gasteiger partial charge in [0.2, 0.25) is 0 Å². The van der Waals surface area contributed by atoms with E-state index in [9.17, 15) is 26.3 Å². The first kappa shape index (κ1) is 14.1. The lowest BCUT2D eigenvalue weighted by Crippen LogP contribution is -1.86. The van der Waals surface area contributed by atoms with E-state index in [0.29, 0.717) is 0 Å². The summed E-state index contributed by atoms with van der Waals surface area (Å²) < 4.78 is 73.6. The molecule has 96 valence electrons. The summed E-state index contributed by atoms with van der Waals surface area (Å²) in [6, 6.07) is 0. The van der Waals surface area contributed by atoms with Gasteiger partial charge in [0.15, 0.2) is 11.7 Å². The summed E-state index contributed by atoms with van der Waals surface area (Å²) in [4.78, 5) is 0. The number of allylic oxidation sites excluding steroid dienone is 10. The highest BCUT2D eigenvalue weighted by atomic mass is 19.3. The van der Waals surface area contributed by atoms with E-state index in [0.717, 1.165) is 36.5 Å². The molecule has 0 atom stereocenters. The van der Waals surface area contributed by atoms with Crippen LogP contribution in [-0.4, -0.2) is 0 Å². The van der Waals surface area contributed by atoms with Gasteiger partial charge in [0.25, 0.3) is 0 Å². The molecule has 0 spiro atoms. The number of hydrogen-bond acceptors (Lipinski definition) is 0. The molecule has 0 aliphatic heterocycles. The van der Waals surface area contributed by atoms with Crippen LogP contribution in [-0.2, 0) is 0 Å².